The summed E-state index contributed by atoms with van der Waals surface area (Å²) in [6, 6.07) is 4.12. The van der Waals surface area contributed by atoms with Gasteiger partial charge in [-0.3, -0.25) is 0 Å². The van der Waals surface area contributed by atoms with Gasteiger partial charge in [-0.1, -0.05) is 6.92 Å². The van der Waals surface area contributed by atoms with Crippen molar-refractivity contribution in [3.63, 3.8) is 0 Å². The largest absolute Gasteiger partial charge is 0.493 e. The van der Waals surface area contributed by atoms with Gasteiger partial charge in [0.2, 0.25) is 5.75 Å². The van der Waals surface area contributed by atoms with Gasteiger partial charge in [-0.05, 0) is 32.0 Å². The van der Waals surface area contributed by atoms with E-state index in [0.717, 1.165) is 24.3 Å². The molecule has 4 nitrogen and oxygen atoms in total. The van der Waals surface area contributed by atoms with E-state index < -0.39 is 0 Å². The number of benzene rings is 1. The average molecular weight is 253 g/mol. The quantitative estimate of drug-likeness (QED) is 0.811. The van der Waals surface area contributed by atoms with E-state index in [-0.39, 0.29) is 6.04 Å². The van der Waals surface area contributed by atoms with Crippen molar-refractivity contribution < 1.29 is 14.2 Å². The van der Waals surface area contributed by atoms with Crippen LogP contribution in [0.1, 0.15) is 31.9 Å². The Morgan fingerprint density at radius 2 is 1.72 bits per heavy atom. The molecule has 0 saturated carbocycles. The molecule has 0 aromatic heterocycles. The number of nitrogens with one attached hydrogen (secondary N) is 1. The van der Waals surface area contributed by atoms with Crippen LogP contribution in [0.4, 0.5) is 0 Å². The zero-order chi connectivity index (χ0) is 13.5. The fourth-order valence-electron chi connectivity index (χ4n) is 1.94. The standard InChI is InChI=1S/C14H23NO3/c1-6-9-15-10(2)11-7-8-12(16-3)14(18-5)13(11)17-4/h7-8,10,15H,6,9H2,1-5H3. The second-order valence-electron chi connectivity index (χ2n) is 4.10. The summed E-state index contributed by atoms with van der Waals surface area (Å²) in [7, 11) is 4.89. The lowest BCUT2D eigenvalue weighted by atomic mass is 10.1. The fourth-order valence-corrected chi connectivity index (χ4v) is 1.94. The molecule has 1 aromatic rings. The second-order valence-corrected chi connectivity index (χ2v) is 4.10. The monoisotopic (exact) mass is 253 g/mol. The zero-order valence-corrected chi connectivity index (χ0v) is 11.9. The van der Waals surface area contributed by atoms with Gasteiger partial charge in [-0.15, -0.1) is 0 Å². The molecule has 0 aliphatic heterocycles. The second kappa shape index (κ2) is 7.11. The minimum Gasteiger partial charge on any atom is -0.493 e. The van der Waals surface area contributed by atoms with E-state index in [9.17, 15) is 0 Å². The Morgan fingerprint density at radius 1 is 1.06 bits per heavy atom. The first kappa shape index (κ1) is 14.6. The molecule has 0 radical (unpaired) electrons. The molecule has 102 valence electrons. The molecule has 1 unspecified atom stereocenters. The van der Waals surface area contributed by atoms with Crippen LogP contribution in [0.2, 0.25) is 0 Å². The highest BCUT2D eigenvalue weighted by Gasteiger charge is 2.19. The summed E-state index contributed by atoms with van der Waals surface area (Å²) in [5, 5.41) is 3.44. The minimum absolute atomic E-state index is 0.208. The highest BCUT2D eigenvalue weighted by molar-refractivity contribution is 5.56. The van der Waals surface area contributed by atoms with Crippen molar-refractivity contribution in [2.75, 3.05) is 27.9 Å². The van der Waals surface area contributed by atoms with Crippen LogP contribution in [0.25, 0.3) is 0 Å². The van der Waals surface area contributed by atoms with Gasteiger partial charge in [0.05, 0.1) is 21.3 Å². The molecule has 0 spiro atoms. The average Bonchev–Trinajstić information content (AvgIpc) is 2.42. The molecule has 1 N–H and O–H groups in total. The Balaban J connectivity index is 3.11. The molecule has 0 saturated heterocycles. The van der Waals surface area contributed by atoms with E-state index >= 15 is 0 Å². The number of ether oxygens (including phenoxy) is 3. The molecular formula is C14H23NO3. The van der Waals surface area contributed by atoms with E-state index in [4.69, 9.17) is 14.2 Å². The summed E-state index contributed by atoms with van der Waals surface area (Å²) < 4.78 is 16.1. The predicted molar refractivity (Wildman–Crippen MR) is 72.8 cm³/mol. The van der Waals surface area contributed by atoms with E-state index in [1.165, 1.54) is 0 Å². The van der Waals surface area contributed by atoms with Gasteiger partial charge < -0.3 is 19.5 Å². The van der Waals surface area contributed by atoms with Crippen molar-refractivity contribution in [3.8, 4) is 17.2 Å². The van der Waals surface area contributed by atoms with Crippen LogP contribution in [-0.4, -0.2) is 27.9 Å². The molecule has 0 aliphatic rings. The van der Waals surface area contributed by atoms with Crippen molar-refractivity contribution in [1.29, 1.82) is 0 Å². The van der Waals surface area contributed by atoms with E-state index in [1.807, 2.05) is 12.1 Å². The van der Waals surface area contributed by atoms with E-state index in [2.05, 4.69) is 19.2 Å². The van der Waals surface area contributed by atoms with Gasteiger partial charge in [0, 0.05) is 11.6 Å². The summed E-state index contributed by atoms with van der Waals surface area (Å²) in [5.74, 6) is 2.05. The first-order chi connectivity index (χ1) is 8.69. The lowest BCUT2D eigenvalue weighted by Gasteiger charge is -2.20. The lowest BCUT2D eigenvalue weighted by Crippen LogP contribution is -2.20. The summed E-state index contributed by atoms with van der Waals surface area (Å²) in [6.45, 7) is 5.23. The van der Waals surface area contributed by atoms with Crippen molar-refractivity contribution in [2.24, 2.45) is 0 Å². The predicted octanol–water partition coefficient (Wildman–Crippen LogP) is 2.77. The fraction of sp³-hybridized carbons (Fsp3) is 0.571. The summed E-state index contributed by atoms with van der Waals surface area (Å²) >= 11 is 0. The Morgan fingerprint density at radius 3 is 2.22 bits per heavy atom. The summed E-state index contributed by atoms with van der Waals surface area (Å²) in [6.07, 6.45) is 1.10. The van der Waals surface area contributed by atoms with Crippen LogP contribution >= 0.6 is 0 Å². The Bertz CT molecular complexity index is 380. The third kappa shape index (κ3) is 3.07. The van der Waals surface area contributed by atoms with Crippen LogP contribution in [0.5, 0.6) is 17.2 Å². The number of hydrogen-bond donors (Lipinski definition) is 1. The van der Waals surface area contributed by atoms with Gasteiger partial charge in [0.25, 0.3) is 0 Å². The zero-order valence-electron chi connectivity index (χ0n) is 11.9. The molecule has 0 heterocycles. The molecule has 0 fully saturated rings. The van der Waals surface area contributed by atoms with E-state index in [1.54, 1.807) is 21.3 Å². The topological polar surface area (TPSA) is 39.7 Å². The number of hydrogen-bond acceptors (Lipinski definition) is 4. The minimum atomic E-state index is 0.208. The highest BCUT2D eigenvalue weighted by Crippen LogP contribution is 2.41. The SMILES string of the molecule is CCCNC(C)c1ccc(OC)c(OC)c1OC. The van der Waals surface area contributed by atoms with Crippen molar-refractivity contribution in [3.05, 3.63) is 17.7 Å². The van der Waals surface area contributed by atoms with Gasteiger partial charge in [-0.25, -0.2) is 0 Å². The van der Waals surface area contributed by atoms with Gasteiger partial charge in [0.1, 0.15) is 0 Å². The van der Waals surface area contributed by atoms with Crippen LogP contribution in [-0.2, 0) is 0 Å². The first-order valence-electron chi connectivity index (χ1n) is 6.21. The Kier molecular flexibility index (Phi) is 5.78. The van der Waals surface area contributed by atoms with Gasteiger partial charge in [-0.2, -0.15) is 0 Å². The van der Waals surface area contributed by atoms with Gasteiger partial charge in [0.15, 0.2) is 11.5 Å². The smallest absolute Gasteiger partial charge is 0.203 e. The van der Waals surface area contributed by atoms with Crippen molar-refractivity contribution >= 4 is 0 Å². The van der Waals surface area contributed by atoms with Crippen LogP contribution in [0.3, 0.4) is 0 Å². The summed E-state index contributed by atoms with van der Waals surface area (Å²) in [4.78, 5) is 0. The Labute approximate surface area is 109 Å². The molecule has 1 rings (SSSR count). The molecule has 18 heavy (non-hydrogen) atoms. The van der Waals surface area contributed by atoms with Crippen molar-refractivity contribution in [1.82, 2.24) is 5.32 Å². The lowest BCUT2D eigenvalue weighted by molar-refractivity contribution is 0.319. The summed E-state index contributed by atoms with van der Waals surface area (Å²) in [5.41, 5.74) is 1.07. The molecule has 4 heteroatoms. The number of methoxy groups -OCH3 is 3. The molecule has 0 amide bonds. The third-order valence-corrected chi connectivity index (χ3v) is 2.90. The maximum atomic E-state index is 5.47. The third-order valence-electron chi connectivity index (χ3n) is 2.90. The van der Waals surface area contributed by atoms with Crippen LogP contribution < -0.4 is 19.5 Å². The molecular weight excluding hydrogens is 230 g/mol. The van der Waals surface area contributed by atoms with Crippen LogP contribution in [0.15, 0.2) is 12.1 Å². The van der Waals surface area contributed by atoms with Crippen LogP contribution in [0, 0.1) is 0 Å². The molecule has 0 bridgehead atoms. The normalized spacial score (nSPS) is 12.1. The molecule has 1 aromatic carbocycles. The van der Waals surface area contributed by atoms with Gasteiger partial charge >= 0.3 is 0 Å². The number of rotatable bonds is 7. The maximum absolute atomic E-state index is 5.47. The molecule has 0 aliphatic carbocycles. The first-order valence-corrected chi connectivity index (χ1v) is 6.21. The Hall–Kier alpha value is -1.42. The highest BCUT2D eigenvalue weighted by atomic mass is 16.5. The maximum Gasteiger partial charge on any atom is 0.203 e. The molecule has 1 atom stereocenters. The van der Waals surface area contributed by atoms with Crippen molar-refractivity contribution in [2.45, 2.75) is 26.3 Å². The van der Waals surface area contributed by atoms with E-state index in [0.29, 0.717) is 11.5 Å².